The maximum atomic E-state index is 13.7. The highest BCUT2D eigenvalue weighted by Crippen LogP contribution is 2.22. The molecule has 0 bridgehead atoms. The van der Waals surface area contributed by atoms with E-state index in [0.29, 0.717) is 17.3 Å². The average Bonchev–Trinajstić information content (AvgIpc) is 2.40. The Balaban J connectivity index is 2.33. The van der Waals surface area contributed by atoms with Crippen molar-refractivity contribution in [3.8, 4) is 0 Å². The number of hydrogen-bond acceptors (Lipinski definition) is 3. The molecule has 0 heterocycles. The molecular weight excluding hydrogens is 298 g/mol. The van der Waals surface area contributed by atoms with Gasteiger partial charge in [-0.2, -0.15) is 4.31 Å². The fraction of sp³-hybridized carbons (Fsp3) is 0.143. The van der Waals surface area contributed by atoms with Gasteiger partial charge in [0.25, 0.3) is 0 Å². The number of hydrogen-bond donors (Lipinski definition) is 1. The summed E-state index contributed by atoms with van der Waals surface area (Å²) in [7, 11) is -2.76. The molecule has 0 unspecified atom stereocenters. The topological polar surface area (TPSA) is 63.4 Å². The van der Waals surface area contributed by atoms with Crippen molar-refractivity contribution in [3.63, 3.8) is 0 Å². The number of anilines is 1. The molecule has 0 aliphatic heterocycles. The van der Waals surface area contributed by atoms with Crippen LogP contribution >= 0.6 is 0 Å². The average molecular weight is 312 g/mol. The van der Waals surface area contributed by atoms with Gasteiger partial charge in [-0.05, 0) is 23.8 Å². The molecule has 0 atom stereocenters. The summed E-state index contributed by atoms with van der Waals surface area (Å²) < 4.78 is 52.1. The van der Waals surface area contributed by atoms with Gasteiger partial charge in [-0.15, -0.1) is 0 Å². The maximum Gasteiger partial charge on any atom is 0.246 e. The number of nitrogens with zero attached hydrogens (tertiary/aromatic N) is 1. The molecule has 2 aromatic carbocycles. The predicted molar refractivity (Wildman–Crippen MR) is 75.9 cm³/mol. The summed E-state index contributed by atoms with van der Waals surface area (Å²) in [5, 5.41) is 0. The Bertz CT molecular complexity index is 763. The van der Waals surface area contributed by atoms with Gasteiger partial charge >= 0.3 is 0 Å². The number of benzene rings is 2. The molecule has 0 aromatic heterocycles. The minimum Gasteiger partial charge on any atom is -0.398 e. The summed E-state index contributed by atoms with van der Waals surface area (Å²) in [6, 6.07) is 9.14. The second kappa shape index (κ2) is 5.79. The van der Waals surface area contributed by atoms with Crippen molar-refractivity contribution in [2.75, 3.05) is 12.8 Å². The molecule has 0 amide bonds. The minimum absolute atomic E-state index is 0.00811. The Morgan fingerprint density at radius 2 is 1.81 bits per heavy atom. The van der Waals surface area contributed by atoms with Gasteiger partial charge in [0.05, 0.1) is 0 Å². The molecule has 2 N–H and O–H groups in total. The van der Waals surface area contributed by atoms with Crippen LogP contribution in [-0.4, -0.2) is 19.8 Å². The standard InChI is InChI=1S/C14H14F2N2O2S/c1-18(9-10-4-2-3-5-13(10)17)21(19,20)14-7-6-11(15)8-12(14)16/h2-8H,9,17H2,1H3. The summed E-state index contributed by atoms with van der Waals surface area (Å²) in [6.07, 6.45) is 0. The lowest BCUT2D eigenvalue weighted by molar-refractivity contribution is 0.459. The summed E-state index contributed by atoms with van der Waals surface area (Å²) >= 11 is 0. The molecule has 0 spiro atoms. The van der Waals surface area contributed by atoms with Crippen LogP contribution in [0.3, 0.4) is 0 Å². The molecule has 0 saturated carbocycles. The lowest BCUT2D eigenvalue weighted by Crippen LogP contribution is -2.27. The lowest BCUT2D eigenvalue weighted by Gasteiger charge is -2.18. The van der Waals surface area contributed by atoms with Gasteiger partial charge in [0, 0.05) is 25.3 Å². The molecule has 0 radical (unpaired) electrons. The summed E-state index contributed by atoms with van der Waals surface area (Å²) in [4.78, 5) is -0.569. The highest BCUT2D eigenvalue weighted by atomic mass is 32.2. The third-order valence-electron chi connectivity index (χ3n) is 3.03. The fourth-order valence-electron chi connectivity index (χ4n) is 1.86. The van der Waals surface area contributed by atoms with Gasteiger partial charge in [0.1, 0.15) is 16.5 Å². The molecule has 2 aromatic rings. The van der Waals surface area contributed by atoms with Crippen LogP contribution in [-0.2, 0) is 16.6 Å². The molecule has 0 aliphatic rings. The molecule has 112 valence electrons. The van der Waals surface area contributed by atoms with Crippen LogP contribution in [0.2, 0.25) is 0 Å². The van der Waals surface area contributed by atoms with Crippen LogP contribution in [0.4, 0.5) is 14.5 Å². The highest BCUT2D eigenvalue weighted by Gasteiger charge is 2.25. The smallest absolute Gasteiger partial charge is 0.246 e. The Hall–Kier alpha value is -1.99. The monoisotopic (exact) mass is 312 g/mol. The van der Waals surface area contributed by atoms with E-state index in [-0.39, 0.29) is 6.54 Å². The second-order valence-corrected chi connectivity index (χ2v) is 6.55. The lowest BCUT2D eigenvalue weighted by atomic mass is 10.2. The van der Waals surface area contributed by atoms with Gasteiger partial charge in [-0.1, -0.05) is 18.2 Å². The number of nitrogen functional groups attached to an aromatic ring is 1. The molecule has 0 saturated heterocycles. The van der Waals surface area contributed by atoms with Crippen LogP contribution in [0.15, 0.2) is 47.4 Å². The van der Waals surface area contributed by atoms with Crippen LogP contribution in [0.1, 0.15) is 5.56 Å². The summed E-state index contributed by atoms with van der Waals surface area (Å²) in [5.41, 5.74) is 6.80. The van der Waals surface area contributed by atoms with Crippen molar-refractivity contribution in [1.29, 1.82) is 0 Å². The van der Waals surface area contributed by atoms with E-state index in [1.807, 2.05) is 0 Å². The van der Waals surface area contributed by atoms with Crippen LogP contribution in [0.25, 0.3) is 0 Å². The van der Waals surface area contributed by atoms with Gasteiger partial charge in [0.15, 0.2) is 0 Å². The van der Waals surface area contributed by atoms with Gasteiger partial charge in [-0.25, -0.2) is 17.2 Å². The van der Waals surface area contributed by atoms with Crippen LogP contribution in [0, 0.1) is 11.6 Å². The molecular formula is C14H14F2N2O2S. The number of halogens is 2. The zero-order chi connectivity index (χ0) is 15.6. The van der Waals surface area contributed by atoms with Gasteiger partial charge in [-0.3, -0.25) is 0 Å². The Morgan fingerprint density at radius 1 is 1.14 bits per heavy atom. The first kappa shape index (κ1) is 15.4. The van der Waals surface area contributed by atoms with E-state index in [2.05, 4.69) is 0 Å². The Labute approximate surface area is 121 Å². The van der Waals surface area contributed by atoms with E-state index >= 15 is 0 Å². The number of sulfonamides is 1. The van der Waals surface area contributed by atoms with Gasteiger partial charge < -0.3 is 5.73 Å². The zero-order valence-corrected chi connectivity index (χ0v) is 12.1. The third kappa shape index (κ3) is 3.20. The predicted octanol–water partition coefficient (Wildman–Crippen LogP) is 2.37. The van der Waals surface area contributed by atoms with Crippen molar-refractivity contribution in [2.45, 2.75) is 11.4 Å². The third-order valence-corrected chi connectivity index (χ3v) is 4.87. The first-order chi connectivity index (χ1) is 9.82. The molecule has 7 heteroatoms. The largest absolute Gasteiger partial charge is 0.398 e. The summed E-state index contributed by atoms with van der Waals surface area (Å²) in [5.74, 6) is -1.95. The molecule has 0 fully saturated rings. The van der Waals surface area contributed by atoms with E-state index in [1.54, 1.807) is 24.3 Å². The zero-order valence-electron chi connectivity index (χ0n) is 11.3. The van der Waals surface area contributed by atoms with E-state index in [0.717, 1.165) is 16.4 Å². The van der Waals surface area contributed by atoms with Gasteiger partial charge in [0.2, 0.25) is 10.0 Å². The fourth-order valence-corrected chi connectivity index (χ4v) is 3.05. The number of nitrogens with two attached hydrogens (primary N) is 1. The minimum atomic E-state index is -4.07. The molecule has 0 aliphatic carbocycles. The first-order valence-electron chi connectivity index (χ1n) is 6.07. The SMILES string of the molecule is CN(Cc1ccccc1N)S(=O)(=O)c1ccc(F)cc1F. The summed E-state index contributed by atoms with van der Waals surface area (Å²) in [6.45, 7) is -0.00811. The van der Waals surface area contributed by atoms with Crippen molar-refractivity contribution in [1.82, 2.24) is 4.31 Å². The molecule has 2 rings (SSSR count). The van der Waals surface area contributed by atoms with Crippen LogP contribution < -0.4 is 5.73 Å². The highest BCUT2D eigenvalue weighted by molar-refractivity contribution is 7.89. The normalized spacial score (nSPS) is 11.8. The van der Waals surface area contributed by atoms with E-state index in [1.165, 1.54) is 7.05 Å². The van der Waals surface area contributed by atoms with Crippen molar-refractivity contribution in [2.24, 2.45) is 0 Å². The van der Waals surface area contributed by atoms with Crippen molar-refractivity contribution in [3.05, 3.63) is 59.7 Å². The van der Waals surface area contributed by atoms with Crippen LogP contribution in [0.5, 0.6) is 0 Å². The van der Waals surface area contributed by atoms with Crippen molar-refractivity contribution < 1.29 is 17.2 Å². The quantitative estimate of drug-likeness (QED) is 0.882. The molecule has 4 nitrogen and oxygen atoms in total. The Kier molecular flexibility index (Phi) is 4.24. The van der Waals surface area contributed by atoms with E-state index in [9.17, 15) is 17.2 Å². The van der Waals surface area contributed by atoms with E-state index < -0.39 is 26.6 Å². The Morgan fingerprint density at radius 3 is 2.43 bits per heavy atom. The molecule has 21 heavy (non-hydrogen) atoms. The second-order valence-electron chi connectivity index (χ2n) is 4.53. The number of para-hydroxylation sites is 1. The van der Waals surface area contributed by atoms with Crippen molar-refractivity contribution >= 4 is 15.7 Å². The number of rotatable bonds is 4. The maximum absolute atomic E-state index is 13.7. The first-order valence-corrected chi connectivity index (χ1v) is 7.51. The van der Waals surface area contributed by atoms with E-state index in [4.69, 9.17) is 5.73 Å².